The summed E-state index contributed by atoms with van der Waals surface area (Å²) < 4.78 is 38.2. The molecule has 0 saturated carbocycles. The second-order valence-electron chi connectivity index (χ2n) is 6.47. The van der Waals surface area contributed by atoms with Gasteiger partial charge in [0.15, 0.2) is 0 Å². The quantitative estimate of drug-likeness (QED) is 0.549. The molecule has 0 bridgehead atoms. The molecule has 8 nitrogen and oxygen atoms in total. The number of benzene rings is 2. The SMILES string of the molecule is COc1ccc(S(=O)(=O)NC[C@](C)(O)c2cc3ccccc3o2)cc1C(N)=O. The maximum atomic E-state index is 12.6. The summed E-state index contributed by atoms with van der Waals surface area (Å²) in [6.45, 7) is 1.10. The van der Waals surface area contributed by atoms with Crippen LogP contribution in [-0.2, 0) is 15.6 Å². The smallest absolute Gasteiger partial charge is 0.252 e. The highest BCUT2D eigenvalue weighted by atomic mass is 32.2. The Morgan fingerprint density at radius 1 is 1.25 bits per heavy atom. The molecule has 1 amide bonds. The molecule has 9 heteroatoms. The van der Waals surface area contributed by atoms with Crippen molar-refractivity contribution in [2.75, 3.05) is 13.7 Å². The normalized spacial score (nSPS) is 14.0. The van der Waals surface area contributed by atoms with Crippen LogP contribution in [0.25, 0.3) is 11.0 Å². The van der Waals surface area contributed by atoms with Gasteiger partial charge in [-0.15, -0.1) is 0 Å². The van der Waals surface area contributed by atoms with E-state index in [0.717, 1.165) is 11.5 Å². The molecule has 0 saturated heterocycles. The van der Waals surface area contributed by atoms with Crippen LogP contribution >= 0.6 is 0 Å². The van der Waals surface area contributed by atoms with Gasteiger partial charge in [0.1, 0.15) is 22.7 Å². The molecule has 0 spiro atoms. The molecule has 148 valence electrons. The van der Waals surface area contributed by atoms with Gasteiger partial charge in [-0.05, 0) is 37.3 Å². The van der Waals surface area contributed by atoms with Gasteiger partial charge in [-0.3, -0.25) is 4.79 Å². The lowest BCUT2D eigenvalue weighted by Gasteiger charge is -2.21. The second kappa shape index (κ2) is 7.27. The van der Waals surface area contributed by atoms with Crippen LogP contribution in [0.2, 0.25) is 0 Å². The van der Waals surface area contributed by atoms with Gasteiger partial charge in [0.25, 0.3) is 5.91 Å². The highest BCUT2D eigenvalue weighted by Gasteiger charge is 2.30. The van der Waals surface area contributed by atoms with Crippen molar-refractivity contribution in [3.05, 3.63) is 59.9 Å². The van der Waals surface area contributed by atoms with Crippen LogP contribution in [0.5, 0.6) is 5.75 Å². The summed E-state index contributed by atoms with van der Waals surface area (Å²) in [5.41, 5.74) is 4.20. The minimum absolute atomic E-state index is 0.0607. The summed E-state index contributed by atoms with van der Waals surface area (Å²) in [4.78, 5) is 11.3. The van der Waals surface area contributed by atoms with Gasteiger partial charge in [0.05, 0.1) is 17.6 Å². The molecule has 0 aliphatic rings. The van der Waals surface area contributed by atoms with Crippen molar-refractivity contribution >= 4 is 26.9 Å². The highest BCUT2D eigenvalue weighted by molar-refractivity contribution is 7.89. The molecule has 0 aliphatic heterocycles. The molecule has 1 heterocycles. The van der Waals surface area contributed by atoms with Crippen molar-refractivity contribution in [2.45, 2.75) is 17.4 Å². The number of methoxy groups -OCH3 is 1. The zero-order chi connectivity index (χ0) is 20.5. The number of carbonyl (C=O) groups is 1. The molecule has 0 fully saturated rings. The van der Waals surface area contributed by atoms with E-state index in [1.807, 2.05) is 12.1 Å². The monoisotopic (exact) mass is 404 g/mol. The van der Waals surface area contributed by atoms with E-state index in [9.17, 15) is 18.3 Å². The van der Waals surface area contributed by atoms with E-state index in [1.54, 1.807) is 18.2 Å². The van der Waals surface area contributed by atoms with Gasteiger partial charge in [-0.1, -0.05) is 18.2 Å². The molecule has 0 radical (unpaired) electrons. The second-order valence-corrected chi connectivity index (χ2v) is 8.24. The number of nitrogens with two attached hydrogens (primary N) is 1. The molecular weight excluding hydrogens is 384 g/mol. The minimum Gasteiger partial charge on any atom is -0.496 e. The first kappa shape index (κ1) is 19.9. The molecular formula is C19H20N2O6S. The standard InChI is InChI=1S/C19H20N2O6S/c1-19(23,17-9-12-5-3-4-6-15(12)27-17)11-21-28(24,25)13-7-8-16(26-2)14(10-13)18(20)22/h3-10,21,23H,11H2,1-2H3,(H2,20,22)/t19-/m0/s1. The van der Waals surface area contributed by atoms with Gasteiger partial charge in [0.2, 0.25) is 10.0 Å². The average Bonchev–Trinajstić information content (AvgIpc) is 3.11. The number of rotatable bonds is 7. The van der Waals surface area contributed by atoms with Crippen molar-refractivity contribution < 1.29 is 27.5 Å². The molecule has 0 aliphatic carbocycles. The van der Waals surface area contributed by atoms with Gasteiger partial charge < -0.3 is 20.0 Å². The summed E-state index contributed by atoms with van der Waals surface area (Å²) in [7, 11) is -2.68. The molecule has 4 N–H and O–H groups in total. The maximum absolute atomic E-state index is 12.6. The first-order valence-electron chi connectivity index (χ1n) is 8.33. The Kier molecular flexibility index (Phi) is 5.16. The molecule has 0 unspecified atom stereocenters. The fourth-order valence-corrected chi connectivity index (χ4v) is 3.86. The molecule has 2 aromatic carbocycles. The Bertz CT molecular complexity index is 1100. The summed E-state index contributed by atoms with van der Waals surface area (Å²) >= 11 is 0. The number of hydrogen-bond donors (Lipinski definition) is 3. The van der Waals surface area contributed by atoms with Crippen LogP contribution in [0.15, 0.2) is 57.8 Å². The zero-order valence-corrected chi connectivity index (χ0v) is 16.1. The van der Waals surface area contributed by atoms with Crippen LogP contribution < -0.4 is 15.2 Å². The molecule has 3 aromatic rings. The Morgan fingerprint density at radius 3 is 2.61 bits per heavy atom. The summed E-state index contributed by atoms with van der Waals surface area (Å²) in [6.07, 6.45) is 0. The predicted octanol–water partition coefficient (Wildman–Crippen LogP) is 1.73. The first-order chi connectivity index (χ1) is 13.1. The number of carbonyl (C=O) groups excluding carboxylic acids is 1. The predicted molar refractivity (Wildman–Crippen MR) is 102 cm³/mol. The number of para-hydroxylation sites is 1. The number of aliphatic hydroxyl groups is 1. The lowest BCUT2D eigenvalue weighted by molar-refractivity contribution is 0.0412. The van der Waals surface area contributed by atoms with Crippen molar-refractivity contribution in [2.24, 2.45) is 5.73 Å². The number of ether oxygens (including phenoxy) is 1. The van der Waals surface area contributed by atoms with Gasteiger partial charge in [0, 0.05) is 11.9 Å². The topological polar surface area (TPSA) is 132 Å². The van der Waals surface area contributed by atoms with E-state index in [0.29, 0.717) is 5.58 Å². The highest BCUT2D eigenvalue weighted by Crippen LogP contribution is 2.28. The number of hydrogen-bond acceptors (Lipinski definition) is 6. The number of nitrogens with one attached hydrogen (secondary N) is 1. The Morgan fingerprint density at radius 2 is 1.96 bits per heavy atom. The van der Waals surface area contributed by atoms with Gasteiger partial charge in [-0.2, -0.15) is 0 Å². The van der Waals surface area contributed by atoms with E-state index in [4.69, 9.17) is 14.9 Å². The number of amides is 1. The number of primary amides is 1. The lowest BCUT2D eigenvalue weighted by atomic mass is 10.0. The molecule has 3 rings (SSSR count). The van der Waals surface area contributed by atoms with E-state index in [2.05, 4.69) is 4.72 Å². The maximum Gasteiger partial charge on any atom is 0.252 e. The van der Waals surface area contributed by atoms with Crippen LogP contribution in [0.1, 0.15) is 23.0 Å². The van der Waals surface area contributed by atoms with Crippen LogP contribution in [-0.4, -0.2) is 33.1 Å². The fourth-order valence-electron chi connectivity index (χ4n) is 2.70. The number of furan rings is 1. The lowest BCUT2D eigenvalue weighted by Crippen LogP contribution is -2.38. The largest absolute Gasteiger partial charge is 0.496 e. The third-order valence-corrected chi connectivity index (χ3v) is 5.71. The van der Waals surface area contributed by atoms with E-state index in [1.165, 1.54) is 26.2 Å². The van der Waals surface area contributed by atoms with Gasteiger partial charge in [-0.25, -0.2) is 13.1 Å². The van der Waals surface area contributed by atoms with Crippen LogP contribution in [0.4, 0.5) is 0 Å². The van der Waals surface area contributed by atoms with Crippen molar-refractivity contribution in [3.8, 4) is 5.75 Å². The summed E-state index contributed by atoms with van der Waals surface area (Å²) in [5.74, 6) is -0.423. The Balaban J connectivity index is 1.84. The van der Waals surface area contributed by atoms with E-state index < -0.39 is 21.5 Å². The average molecular weight is 404 g/mol. The third kappa shape index (κ3) is 3.86. The zero-order valence-electron chi connectivity index (χ0n) is 15.3. The summed E-state index contributed by atoms with van der Waals surface area (Å²) in [5, 5.41) is 11.5. The summed E-state index contributed by atoms with van der Waals surface area (Å²) in [6, 6.07) is 12.6. The number of sulfonamides is 1. The van der Waals surface area contributed by atoms with E-state index >= 15 is 0 Å². The third-order valence-electron chi connectivity index (χ3n) is 4.31. The van der Waals surface area contributed by atoms with Crippen molar-refractivity contribution in [1.82, 2.24) is 4.72 Å². The van der Waals surface area contributed by atoms with Crippen LogP contribution in [0, 0.1) is 0 Å². The molecule has 1 atom stereocenters. The minimum atomic E-state index is -4.03. The van der Waals surface area contributed by atoms with Crippen molar-refractivity contribution in [3.63, 3.8) is 0 Å². The fraction of sp³-hybridized carbons (Fsp3) is 0.211. The number of fused-ring (bicyclic) bond motifs is 1. The van der Waals surface area contributed by atoms with Gasteiger partial charge >= 0.3 is 0 Å². The first-order valence-corrected chi connectivity index (χ1v) is 9.81. The van der Waals surface area contributed by atoms with Crippen LogP contribution in [0.3, 0.4) is 0 Å². The molecule has 1 aromatic heterocycles. The van der Waals surface area contributed by atoms with Crippen molar-refractivity contribution in [1.29, 1.82) is 0 Å². The Labute approximate surface area is 162 Å². The Hall–Kier alpha value is -2.88. The molecule has 28 heavy (non-hydrogen) atoms. The van der Waals surface area contributed by atoms with E-state index in [-0.39, 0.29) is 28.5 Å².